The van der Waals surface area contributed by atoms with Gasteiger partial charge in [-0.3, -0.25) is 28.5 Å². The number of aromatic nitrogens is 9. The minimum absolute atomic E-state index is 0.289. The Morgan fingerprint density at radius 1 is 0.347 bits per heavy atom. The first-order valence-electron chi connectivity index (χ1n) is 34.6. The molecule has 17 heteroatoms. The van der Waals surface area contributed by atoms with Crippen molar-refractivity contribution in [1.82, 2.24) is 44.3 Å². The molecule has 0 spiro atoms. The van der Waals surface area contributed by atoms with Crippen molar-refractivity contribution in [3.63, 3.8) is 0 Å². The van der Waals surface area contributed by atoms with Crippen molar-refractivity contribution in [1.29, 1.82) is 0 Å². The van der Waals surface area contributed by atoms with E-state index in [0.29, 0.717) is 33.8 Å². The van der Waals surface area contributed by atoms with E-state index in [1.807, 2.05) is 54.6 Å². The monoisotopic (exact) mass is 1380 g/mol. The molecule has 0 atom stereocenters. The van der Waals surface area contributed by atoms with Gasteiger partial charge >= 0.3 is 7.82 Å². The summed E-state index contributed by atoms with van der Waals surface area (Å²) in [4.78, 5) is 14.7. The van der Waals surface area contributed by atoms with Crippen molar-refractivity contribution in [3.8, 4) is 67.2 Å². The summed E-state index contributed by atoms with van der Waals surface area (Å²) in [6.07, 6.45) is 5.28. The average molecular weight is 1380 g/mol. The highest BCUT2D eigenvalue weighted by atomic mass is 31.2. The average Bonchev–Trinajstić information content (AvgIpc) is 1.65. The molecule has 0 saturated heterocycles. The van der Waals surface area contributed by atoms with Crippen molar-refractivity contribution in [3.05, 3.63) is 214 Å². The fraction of sp³-hybridized carbons (Fsp3) is 0.357. The summed E-state index contributed by atoms with van der Waals surface area (Å²) in [6.45, 7) is 42.9. The normalized spacial score (nSPS) is 13.0. The van der Waals surface area contributed by atoms with Crippen molar-refractivity contribution >= 4 is 40.5 Å². The molecule has 524 valence electrons. The Morgan fingerprint density at radius 2 is 0.604 bits per heavy atom. The first kappa shape index (κ1) is 71.9. The van der Waals surface area contributed by atoms with Gasteiger partial charge in [-0.15, -0.1) is 0 Å². The number of phosphoric acid groups is 1. The smallest absolute Gasteiger partial charge is 0.263 e. The van der Waals surface area contributed by atoms with Gasteiger partial charge in [-0.2, -0.15) is 15.3 Å². The molecule has 6 heterocycles. The molecule has 12 rings (SSSR count). The van der Waals surface area contributed by atoms with Gasteiger partial charge < -0.3 is 0 Å². The molecule has 0 radical (unpaired) electrons. The molecule has 0 saturated carbocycles. The predicted octanol–water partition coefficient (Wildman–Crippen LogP) is 22.5. The Balaban J connectivity index is 1.01. The summed E-state index contributed by atoms with van der Waals surface area (Å²) >= 11 is 0. The van der Waals surface area contributed by atoms with Gasteiger partial charge in [-0.25, -0.2) is 31.8 Å². The van der Waals surface area contributed by atoms with Gasteiger partial charge in [0.1, 0.15) is 17.5 Å². The highest BCUT2D eigenvalue weighted by molar-refractivity contribution is 7.48. The number of phosphoric ester groups is 1. The largest absolute Gasteiger partial charge is 0.480 e. The fourth-order valence-corrected chi connectivity index (χ4v) is 15.1. The lowest BCUT2D eigenvalue weighted by Gasteiger charge is -2.27. The molecule has 0 aliphatic heterocycles. The third-order valence-corrected chi connectivity index (χ3v) is 20.0. The molecule has 13 nitrogen and oxygen atoms in total. The van der Waals surface area contributed by atoms with E-state index in [0.717, 1.165) is 117 Å². The van der Waals surface area contributed by atoms with E-state index in [1.165, 1.54) is 18.2 Å². The molecule has 101 heavy (non-hydrogen) atoms. The summed E-state index contributed by atoms with van der Waals surface area (Å²) in [5, 5.41) is 18.9. The van der Waals surface area contributed by atoms with Crippen LogP contribution < -0.4 is 0 Å². The molecule has 0 aliphatic rings. The van der Waals surface area contributed by atoms with Gasteiger partial charge in [0.15, 0.2) is 20.2 Å². The van der Waals surface area contributed by atoms with E-state index in [9.17, 15) is 13.2 Å². The standard InChI is InChI=1S/C84H93F3N9O4P/c1-49-43-52(28-34-61(49)85)73-58(25-22-40-88-73)55-31-37-64-67(70(55)79(4,5)6)76(82(13,14)15)91-94(64)46-98-101(97,99-47-95-65-38-32-56(71(80(7,8)9)68(65)77(92-95)83(16,17)18)59-26-23-41-89-74(59)53-29-35-62(86)50(2)44-53)100-48-96-66-39-33-57(72(81(10,11)12)69(66)78(93-96)84(19,20)21)60-27-24-42-90-75(60)54-30-36-63(87)51(3)45-54/h22-45H,46-48H2,1-21H3. The molecule has 0 N–H and O–H groups in total. The number of aryl methyl sites for hydroxylation is 3. The zero-order valence-corrected chi connectivity index (χ0v) is 63.1. The Morgan fingerprint density at radius 3 is 0.832 bits per heavy atom. The number of halogens is 3. The van der Waals surface area contributed by atoms with Crippen LogP contribution in [0.4, 0.5) is 13.2 Å². The van der Waals surface area contributed by atoms with Crippen LogP contribution in [0.1, 0.15) is 175 Å². The SMILES string of the molecule is Cc1cc(-c2ncccc2-c2ccc3c(c(C(C)(C)C)nn3COP(=O)(OCn3nc(C(C)(C)C)c4c(C(C)(C)C)c(-c5cccnc5-c5ccc(F)c(C)c5)ccc43)OCn3nc(C(C)(C)C)c4c(C(C)(C)C)c(-c5cccnc5-c5ccc(F)c(C)c5)ccc43)c2C(C)(C)C)ccc1F. The molecule has 0 fully saturated rings. The first-order chi connectivity index (χ1) is 47.2. The van der Waals surface area contributed by atoms with E-state index in [2.05, 4.69) is 161 Å². The highest BCUT2D eigenvalue weighted by Crippen LogP contribution is 2.54. The number of fused-ring (bicyclic) bond motifs is 3. The second kappa shape index (κ2) is 26.2. The minimum atomic E-state index is -4.78. The molecular weight excluding hydrogens is 1290 g/mol. The maximum absolute atomic E-state index is 16.5. The van der Waals surface area contributed by atoms with Crippen LogP contribution in [-0.4, -0.2) is 44.3 Å². The molecular formula is C84H93F3N9O4P. The Hall–Kier alpha value is -8.92. The number of pyridine rings is 3. The quantitative estimate of drug-likeness (QED) is 0.0912. The van der Waals surface area contributed by atoms with Gasteiger partial charge in [-0.1, -0.05) is 161 Å². The first-order valence-corrected chi connectivity index (χ1v) is 36.0. The van der Waals surface area contributed by atoms with E-state index in [4.69, 9.17) is 43.8 Å². The van der Waals surface area contributed by atoms with E-state index >= 15 is 4.57 Å². The number of nitrogens with zero attached hydrogens (tertiary/aromatic N) is 9. The number of hydrogen-bond acceptors (Lipinski definition) is 10. The van der Waals surface area contributed by atoms with Gasteiger partial charge in [0.25, 0.3) is 0 Å². The fourth-order valence-electron chi connectivity index (χ4n) is 14.1. The molecule has 0 amide bonds. The van der Waals surface area contributed by atoms with Crippen LogP contribution >= 0.6 is 7.82 Å². The Bertz CT molecular complexity index is 4760. The van der Waals surface area contributed by atoms with Crippen LogP contribution in [0.25, 0.3) is 99.9 Å². The minimum Gasteiger partial charge on any atom is -0.263 e. The van der Waals surface area contributed by atoms with Crippen molar-refractivity contribution in [2.24, 2.45) is 0 Å². The zero-order valence-electron chi connectivity index (χ0n) is 62.2. The second-order valence-corrected chi connectivity index (χ2v) is 34.7. The summed E-state index contributed by atoms with van der Waals surface area (Å²) in [7, 11) is -4.78. The van der Waals surface area contributed by atoms with Gasteiger partial charge in [0.05, 0.1) is 50.7 Å². The molecule has 6 aromatic heterocycles. The Labute approximate surface area is 592 Å². The molecule has 0 unspecified atom stereocenters. The lowest BCUT2D eigenvalue weighted by molar-refractivity contribution is 0.0482. The summed E-state index contributed by atoms with van der Waals surface area (Å²) in [5.74, 6) is -0.868. The van der Waals surface area contributed by atoms with E-state index < -0.39 is 40.3 Å². The number of hydrogen-bond donors (Lipinski definition) is 0. The van der Waals surface area contributed by atoms with Crippen LogP contribution in [-0.2, 0) is 70.8 Å². The van der Waals surface area contributed by atoms with Crippen LogP contribution in [0.15, 0.2) is 146 Å². The van der Waals surface area contributed by atoms with E-state index in [1.54, 1.807) is 71.6 Å². The highest BCUT2D eigenvalue weighted by Gasteiger charge is 2.38. The Kier molecular flexibility index (Phi) is 18.6. The molecule has 6 aromatic carbocycles. The van der Waals surface area contributed by atoms with Gasteiger partial charge in [0, 0.05) is 84.4 Å². The number of rotatable bonds is 15. The summed E-state index contributed by atoms with van der Waals surface area (Å²) in [5.41, 5.74) is 16.2. The second-order valence-electron chi connectivity index (χ2n) is 33.0. The van der Waals surface area contributed by atoms with Gasteiger partial charge in [0.2, 0.25) is 0 Å². The van der Waals surface area contributed by atoms with E-state index in [-0.39, 0.29) is 37.6 Å². The van der Waals surface area contributed by atoms with Crippen LogP contribution in [0.2, 0.25) is 0 Å². The maximum Gasteiger partial charge on any atom is 0.480 e. The van der Waals surface area contributed by atoms with Crippen LogP contribution in [0.5, 0.6) is 0 Å². The summed E-state index contributed by atoms with van der Waals surface area (Å²) < 4.78 is 86.5. The zero-order chi connectivity index (χ0) is 73.0. The topological polar surface area (TPSA) is 137 Å². The number of benzene rings is 6. The third-order valence-electron chi connectivity index (χ3n) is 18.7. The lowest BCUT2D eigenvalue weighted by atomic mass is 9.76. The van der Waals surface area contributed by atoms with Crippen LogP contribution in [0.3, 0.4) is 0 Å². The molecule has 12 aromatic rings. The maximum atomic E-state index is 16.5. The van der Waals surface area contributed by atoms with Crippen molar-refractivity contribution in [2.75, 3.05) is 0 Å². The van der Waals surface area contributed by atoms with Gasteiger partial charge in [-0.05, 0) is 178 Å². The lowest BCUT2D eigenvalue weighted by Crippen LogP contribution is -2.18. The van der Waals surface area contributed by atoms with Crippen LogP contribution in [0, 0.1) is 38.2 Å². The van der Waals surface area contributed by atoms with Crippen molar-refractivity contribution < 1.29 is 31.3 Å². The molecule has 0 aliphatic carbocycles. The molecule has 0 bridgehead atoms. The third kappa shape index (κ3) is 13.9. The summed E-state index contributed by atoms with van der Waals surface area (Å²) in [6, 6.07) is 39.5. The predicted molar refractivity (Wildman–Crippen MR) is 402 cm³/mol. The van der Waals surface area contributed by atoms with Crippen molar-refractivity contribution in [2.45, 2.75) is 198 Å².